The van der Waals surface area contributed by atoms with Crippen LogP contribution in [0.15, 0.2) is 59.8 Å². The van der Waals surface area contributed by atoms with Gasteiger partial charge >= 0.3 is 0 Å². The molecule has 164 valence electrons. The van der Waals surface area contributed by atoms with Gasteiger partial charge in [-0.05, 0) is 61.5 Å². The highest BCUT2D eigenvalue weighted by Gasteiger charge is 2.16. The summed E-state index contributed by atoms with van der Waals surface area (Å²) in [5.41, 5.74) is 2.58. The topological polar surface area (TPSA) is 124 Å². The average molecular weight is 454 g/mol. The molecule has 2 heterocycles. The maximum absolute atomic E-state index is 13.1. The molecule has 32 heavy (non-hydrogen) atoms. The molecule has 0 aliphatic heterocycles. The molecule has 9 nitrogen and oxygen atoms in total. The predicted molar refractivity (Wildman–Crippen MR) is 120 cm³/mol. The van der Waals surface area contributed by atoms with Gasteiger partial charge in [-0.15, -0.1) is 10.2 Å². The molecule has 0 aliphatic rings. The Kier molecular flexibility index (Phi) is 6.36. The van der Waals surface area contributed by atoms with Crippen LogP contribution in [0.3, 0.4) is 0 Å². The molecule has 0 aliphatic carbocycles. The standard InChI is InChI=1S/C21H20FN7O2S/c1-2-31-16-9-7-15(8-10-16)24-19(30)12-32-21-28-27-20(29(21)23)18-11-17(25-26-18)13-3-5-14(22)6-4-13/h3-11H,2,12,23H2,1H3,(H,24,30)(H,25,26). The Hall–Kier alpha value is -3.86. The molecular weight excluding hydrogens is 433 g/mol. The number of carbonyl (C=O) groups excluding carboxylic acids is 1. The van der Waals surface area contributed by atoms with Crippen LogP contribution in [0.5, 0.6) is 5.75 Å². The van der Waals surface area contributed by atoms with Gasteiger partial charge in [0.05, 0.1) is 18.1 Å². The summed E-state index contributed by atoms with van der Waals surface area (Å²) in [6.07, 6.45) is 0. The molecule has 1 amide bonds. The molecule has 0 unspecified atom stereocenters. The molecule has 2 aromatic heterocycles. The van der Waals surface area contributed by atoms with Gasteiger partial charge in [-0.25, -0.2) is 9.07 Å². The predicted octanol–water partition coefficient (Wildman–Crippen LogP) is 3.32. The summed E-state index contributed by atoms with van der Waals surface area (Å²) in [7, 11) is 0. The SMILES string of the molecule is CCOc1ccc(NC(=O)CSc2nnc(-c3cc(-c4ccc(F)cc4)n[nH]3)n2N)cc1. The van der Waals surface area contributed by atoms with Crippen molar-refractivity contribution in [1.82, 2.24) is 25.1 Å². The van der Waals surface area contributed by atoms with Crippen molar-refractivity contribution in [1.29, 1.82) is 0 Å². The molecule has 4 N–H and O–H groups in total. The minimum absolute atomic E-state index is 0.104. The molecule has 4 rings (SSSR count). The monoisotopic (exact) mass is 453 g/mol. The highest BCUT2D eigenvalue weighted by Crippen LogP contribution is 2.25. The molecule has 0 spiro atoms. The smallest absolute Gasteiger partial charge is 0.234 e. The second kappa shape index (κ2) is 9.52. The van der Waals surface area contributed by atoms with E-state index in [4.69, 9.17) is 10.6 Å². The summed E-state index contributed by atoms with van der Waals surface area (Å²) >= 11 is 1.16. The lowest BCUT2D eigenvalue weighted by molar-refractivity contribution is -0.113. The Morgan fingerprint density at radius 2 is 1.94 bits per heavy atom. The van der Waals surface area contributed by atoms with Crippen LogP contribution in [0.25, 0.3) is 22.8 Å². The number of benzene rings is 2. The number of nitrogens with zero attached hydrogens (tertiary/aromatic N) is 4. The zero-order valence-electron chi connectivity index (χ0n) is 17.1. The second-order valence-corrected chi connectivity index (χ2v) is 7.59. The Morgan fingerprint density at radius 3 is 2.66 bits per heavy atom. The highest BCUT2D eigenvalue weighted by atomic mass is 32.2. The van der Waals surface area contributed by atoms with Crippen molar-refractivity contribution in [3.8, 4) is 28.5 Å². The van der Waals surface area contributed by atoms with E-state index in [1.807, 2.05) is 6.92 Å². The van der Waals surface area contributed by atoms with Crippen molar-refractivity contribution in [2.75, 3.05) is 23.5 Å². The number of nitrogen functional groups attached to an aromatic ring is 1. The van der Waals surface area contributed by atoms with E-state index in [0.29, 0.717) is 34.7 Å². The average Bonchev–Trinajstić information content (AvgIpc) is 3.41. The first-order valence-corrected chi connectivity index (χ1v) is 10.7. The number of hydrogen-bond donors (Lipinski definition) is 3. The molecule has 2 aromatic carbocycles. The molecule has 0 radical (unpaired) electrons. The summed E-state index contributed by atoms with van der Waals surface area (Å²) in [5.74, 6) is 6.80. The largest absolute Gasteiger partial charge is 0.494 e. The Bertz CT molecular complexity index is 1210. The van der Waals surface area contributed by atoms with Gasteiger partial charge < -0.3 is 15.9 Å². The van der Waals surface area contributed by atoms with Crippen molar-refractivity contribution in [3.05, 3.63) is 60.4 Å². The van der Waals surface area contributed by atoms with Gasteiger partial charge in [0.2, 0.25) is 16.9 Å². The van der Waals surface area contributed by atoms with Crippen LogP contribution in [0.2, 0.25) is 0 Å². The number of aromatic nitrogens is 5. The third-order valence-electron chi connectivity index (χ3n) is 4.40. The number of amides is 1. The summed E-state index contributed by atoms with van der Waals surface area (Å²) < 4.78 is 19.8. The van der Waals surface area contributed by atoms with E-state index in [1.54, 1.807) is 42.5 Å². The van der Waals surface area contributed by atoms with Crippen LogP contribution in [0.1, 0.15) is 6.92 Å². The van der Waals surface area contributed by atoms with Gasteiger partial charge in [0.15, 0.2) is 0 Å². The number of hydrogen-bond acceptors (Lipinski definition) is 7. The first kappa shape index (κ1) is 21.4. The zero-order valence-corrected chi connectivity index (χ0v) is 17.9. The second-order valence-electron chi connectivity index (χ2n) is 6.64. The lowest BCUT2D eigenvalue weighted by atomic mass is 10.1. The van der Waals surface area contributed by atoms with Gasteiger partial charge in [0, 0.05) is 11.3 Å². The minimum Gasteiger partial charge on any atom is -0.494 e. The lowest BCUT2D eigenvalue weighted by Gasteiger charge is -2.07. The van der Waals surface area contributed by atoms with Gasteiger partial charge in [0.1, 0.15) is 17.3 Å². The summed E-state index contributed by atoms with van der Waals surface area (Å²) in [6.45, 7) is 2.49. The van der Waals surface area contributed by atoms with E-state index >= 15 is 0 Å². The van der Waals surface area contributed by atoms with Gasteiger partial charge in [-0.1, -0.05) is 11.8 Å². The molecule has 0 saturated heterocycles. The highest BCUT2D eigenvalue weighted by molar-refractivity contribution is 7.99. The van der Waals surface area contributed by atoms with E-state index in [9.17, 15) is 9.18 Å². The maximum Gasteiger partial charge on any atom is 0.234 e. The first-order valence-electron chi connectivity index (χ1n) is 9.71. The number of aromatic amines is 1. The van der Waals surface area contributed by atoms with Crippen molar-refractivity contribution >= 4 is 23.4 Å². The van der Waals surface area contributed by atoms with Gasteiger partial charge in [-0.3, -0.25) is 9.89 Å². The number of ether oxygens (including phenoxy) is 1. The third-order valence-corrected chi connectivity index (χ3v) is 5.35. The molecule has 0 fully saturated rings. The summed E-state index contributed by atoms with van der Waals surface area (Å²) in [4.78, 5) is 12.3. The van der Waals surface area contributed by atoms with E-state index in [2.05, 4.69) is 25.7 Å². The van der Waals surface area contributed by atoms with Gasteiger partial charge in [-0.2, -0.15) is 5.10 Å². The Balaban J connectivity index is 1.38. The van der Waals surface area contributed by atoms with E-state index < -0.39 is 0 Å². The van der Waals surface area contributed by atoms with Crippen LogP contribution in [-0.2, 0) is 4.79 Å². The third kappa shape index (κ3) is 4.89. The molecule has 11 heteroatoms. The molecule has 0 saturated carbocycles. The van der Waals surface area contributed by atoms with E-state index in [-0.39, 0.29) is 17.5 Å². The normalized spacial score (nSPS) is 10.8. The van der Waals surface area contributed by atoms with Crippen molar-refractivity contribution < 1.29 is 13.9 Å². The number of rotatable bonds is 8. The number of anilines is 1. The van der Waals surface area contributed by atoms with Crippen LogP contribution >= 0.6 is 11.8 Å². The van der Waals surface area contributed by atoms with Crippen molar-refractivity contribution in [2.24, 2.45) is 0 Å². The minimum atomic E-state index is -0.320. The molecular formula is C21H20FN7O2S. The Morgan fingerprint density at radius 1 is 1.19 bits per heavy atom. The fourth-order valence-corrected chi connectivity index (χ4v) is 3.55. The quantitative estimate of drug-likeness (QED) is 0.276. The number of halogens is 1. The number of nitrogens with two attached hydrogens (primary N) is 1. The molecule has 4 aromatic rings. The number of carbonyl (C=O) groups is 1. The fraction of sp³-hybridized carbons (Fsp3) is 0.143. The molecule has 0 atom stereocenters. The Labute approximate surface area is 187 Å². The van der Waals surface area contributed by atoms with Crippen molar-refractivity contribution in [2.45, 2.75) is 12.1 Å². The van der Waals surface area contributed by atoms with Gasteiger partial charge in [0.25, 0.3) is 0 Å². The van der Waals surface area contributed by atoms with Crippen LogP contribution in [-0.4, -0.2) is 43.3 Å². The first-order chi connectivity index (χ1) is 15.5. The zero-order chi connectivity index (χ0) is 22.5. The summed E-state index contributed by atoms with van der Waals surface area (Å²) in [5, 5.41) is 18.4. The van der Waals surface area contributed by atoms with Crippen LogP contribution in [0.4, 0.5) is 10.1 Å². The van der Waals surface area contributed by atoms with E-state index in [0.717, 1.165) is 23.1 Å². The van der Waals surface area contributed by atoms with E-state index in [1.165, 1.54) is 16.8 Å². The number of nitrogens with one attached hydrogen (secondary N) is 2. The van der Waals surface area contributed by atoms with Crippen LogP contribution < -0.4 is 15.9 Å². The van der Waals surface area contributed by atoms with Crippen molar-refractivity contribution in [3.63, 3.8) is 0 Å². The number of H-pyrrole nitrogens is 1. The fourth-order valence-electron chi connectivity index (χ4n) is 2.89. The lowest BCUT2D eigenvalue weighted by Crippen LogP contribution is -2.16. The van der Waals surface area contributed by atoms with Crippen LogP contribution in [0, 0.1) is 5.82 Å². The molecule has 0 bridgehead atoms. The maximum atomic E-state index is 13.1. The summed E-state index contributed by atoms with van der Waals surface area (Å²) in [6, 6.07) is 14.9. The number of thioether (sulfide) groups is 1.